The molecular weight excluding hydrogens is 326 g/mol. The maximum atomic E-state index is 5.87. The van der Waals surface area contributed by atoms with Crippen LogP contribution in [0.4, 0.5) is 0 Å². The van der Waals surface area contributed by atoms with Crippen molar-refractivity contribution in [2.45, 2.75) is 31.7 Å². The minimum absolute atomic E-state index is 0. The highest BCUT2D eigenvalue weighted by molar-refractivity contribution is 9.10. The molecule has 0 radical (unpaired) electrons. The summed E-state index contributed by atoms with van der Waals surface area (Å²) in [5.41, 5.74) is 0. The number of quaternary nitrogens is 1. The molecule has 1 aromatic carbocycles. The highest BCUT2D eigenvalue weighted by Crippen LogP contribution is 2.27. The van der Waals surface area contributed by atoms with E-state index in [4.69, 9.17) is 4.74 Å². The van der Waals surface area contributed by atoms with Crippen LogP contribution in [0.25, 0.3) is 0 Å². The largest absolute Gasteiger partial charge is 1.00 e. The summed E-state index contributed by atoms with van der Waals surface area (Å²) >= 11 is 3.51. The average Bonchev–Trinajstić information content (AvgIpc) is 2.86. The minimum Gasteiger partial charge on any atom is -1.00 e. The summed E-state index contributed by atoms with van der Waals surface area (Å²) in [5, 5.41) is 0. The van der Waals surface area contributed by atoms with E-state index in [1.54, 1.807) is 0 Å². The van der Waals surface area contributed by atoms with E-state index < -0.39 is 0 Å². The van der Waals surface area contributed by atoms with E-state index in [1.807, 2.05) is 24.3 Å². The molecule has 1 aliphatic carbocycles. The fraction of sp³-hybridized carbons (Fsp3) is 0.600. The van der Waals surface area contributed by atoms with Crippen molar-refractivity contribution in [1.29, 1.82) is 0 Å². The zero-order chi connectivity index (χ0) is 13.0. The second kappa shape index (κ2) is 7.51. The van der Waals surface area contributed by atoms with Crippen LogP contribution < -0.4 is 17.1 Å². The van der Waals surface area contributed by atoms with Crippen LogP contribution in [0, 0.1) is 0 Å². The number of para-hydroxylation sites is 1. The Bertz CT molecular complexity index is 391. The van der Waals surface area contributed by atoms with Gasteiger partial charge in [-0.1, -0.05) is 12.1 Å². The van der Waals surface area contributed by atoms with Crippen molar-refractivity contribution in [3.63, 3.8) is 0 Å². The average molecular weight is 349 g/mol. The lowest BCUT2D eigenvalue weighted by molar-refractivity contribution is -0.914. The second-order valence-corrected chi connectivity index (χ2v) is 6.57. The molecule has 2 nitrogen and oxygen atoms in total. The maximum Gasteiger partial charge on any atom is 0.137 e. The summed E-state index contributed by atoms with van der Waals surface area (Å²) in [6.45, 7) is 1.86. The molecule has 19 heavy (non-hydrogen) atoms. The van der Waals surface area contributed by atoms with Gasteiger partial charge in [0.2, 0.25) is 0 Å². The third kappa shape index (κ3) is 4.66. The number of nitrogens with zero attached hydrogens (tertiary/aromatic N) is 1. The van der Waals surface area contributed by atoms with Crippen LogP contribution in [0.5, 0.6) is 5.75 Å². The van der Waals surface area contributed by atoms with Crippen LogP contribution in [0.3, 0.4) is 0 Å². The van der Waals surface area contributed by atoms with E-state index in [-0.39, 0.29) is 12.4 Å². The Kier molecular flexibility index (Phi) is 6.64. The molecule has 0 amide bonds. The van der Waals surface area contributed by atoms with Gasteiger partial charge >= 0.3 is 0 Å². The Morgan fingerprint density at radius 1 is 1.21 bits per heavy atom. The fourth-order valence-corrected chi connectivity index (χ4v) is 3.14. The molecule has 0 atom stereocenters. The van der Waals surface area contributed by atoms with Crippen molar-refractivity contribution in [2.75, 3.05) is 27.2 Å². The first-order valence-electron chi connectivity index (χ1n) is 6.79. The Labute approximate surface area is 131 Å². The molecule has 1 aliphatic rings. The van der Waals surface area contributed by atoms with Crippen molar-refractivity contribution in [3.05, 3.63) is 28.7 Å². The van der Waals surface area contributed by atoms with E-state index >= 15 is 0 Å². The van der Waals surface area contributed by atoms with Gasteiger partial charge in [0.05, 0.1) is 24.6 Å². The highest BCUT2D eigenvalue weighted by atomic mass is 79.9. The number of benzene rings is 1. The van der Waals surface area contributed by atoms with Gasteiger partial charge < -0.3 is 21.6 Å². The summed E-state index contributed by atoms with van der Waals surface area (Å²) in [7, 11) is 4.67. The first kappa shape index (κ1) is 16.8. The van der Waals surface area contributed by atoms with Gasteiger partial charge in [0.15, 0.2) is 0 Å². The van der Waals surface area contributed by atoms with Gasteiger partial charge in [-0.2, -0.15) is 0 Å². The molecule has 1 fully saturated rings. The molecule has 2 rings (SSSR count). The van der Waals surface area contributed by atoms with Gasteiger partial charge in [-0.15, -0.1) is 0 Å². The molecule has 0 aromatic heterocycles. The van der Waals surface area contributed by atoms with Crippen molar-refractivity contribution in [1.82, 2.24) is 0 Å². The Balaban J connectivity index is 0.00000180. The van der Waals surface area contributed by atoms with Crippen LogP contribution in [0.1, 0.15) is 25.7 Å². The second-order valence-electron chi connectivity index (χ2n) is 5.72. The Hall–Kier alpha value is -0.250. The van der Waals surface area contributed by atoms with Crippen molar-refractivity contribution < 1.29 is 21.6 Å². The Morgan fingerprint density at radius 2 is 1.84 bits per heavy atom. The van der Waals surface area contributed by atoms with Crippen molar-refractivity contribution in [2.24, 2.45) is 0 Å². The number of hydrogen-bond acceptors (Lipinski definition) is 1. The van der Waals surface area contributed by atoms with E-state index in [1.165, 1.54) is 25.7 Å². The standard InChI is InChI=1S/C15H23BrNO.ClH/c1-17(2,13-7-3-4-8-13)11-12-18-15-10-6-5-9-14(15)16;/h5-6,9-10,13H,3-4,7-8,11-12H2,1-2H3;1H/q+1;/p-1. The molecule has 0 aliphatic heterocycles. The third-order valence-electron chi connectivity index (χ3n) is 4.08. The summed E-state index contributed by atoms with van der Waals surface area (Å²) in [6, 6.07) is 8.88. The first-order valence-corrected chi connectivity index (χ1v) is 7.59. The highest BCUT2D eigenvalue weighted by Gasteiger charge is 2.30. The van der Waals surface area contributed by atoms with Crippen LogP contribution >= 0.6 is 15.9 Å². The minimum atomic E-state index is 0. The maximum absolute atomic E-state index is 5.87. The molecule has 108 valence electrons. The number of hydrogen-bond donors (Lipinski definition) is 0. The third-order valence-corrected chi connectivity index (χ3v) is 4.73. The van der Waals surface area contributed by atoms with Crippen LogP contribution in [0.15, 0.2) is 28.7 Å². The quantitative estimate of drug-likeness (QED) is 0.717. The molecule has 0 spiro atoms. The van der Waals surface area contributed by atoms with Crippen LogP contribution in [-0.4, -0.2) is 37.8 Å². The van der Waals surface area contributed by atoms with Gasteiger partial charge in [0, 0.05) is 0 Å². The van der Waals surface area contributed by atoms with Gasteiger partial charge in [0.1, 0.15) is 18.9 Å². The molecule has 0 N–H and O–H groups in total. The lowest BCUT2D eigenvalue weighted by atomic mass is 10.2. The van der Waals surface area contributed by atoms with Gasteiger partial charge in [0.25, 0.3) is 0 Å². The van der Waals surface area contributed by atoms with E-state index in [0.29, 0.717) is 0 Å². The van der Waals surface area contributed by atoms with Gasteiger partial charge in [-0.25, -0.2) is 0 Å². The van der Waals surface area contributed by atoms with Crippen molar-refractivity contribution in [3.8, 4) is 5.75 Å². The zero-order valence-electron chi connectivity index (χ0n) is 11.7. The normalized spacial score (nSPS) is 16.2. The van der Waals surface area contributed by atoms with E-state index in [9.17, 15) is 0 Å². The number of likely N-dealkylation sites (N-methyl/N-ethyl adjacent to an activating group) is 1. The Morgan fingerprint density at radius 3 is 2.47 bits per heavy atom. The molecular formula is C15H23BrClNO. The van der Waals surface area contributed by atoms with E-state index in [0.717, 1.165) is 33.9 Å². The molecule has 4 heteroatoms. The van der Waals surface area contributed by atoms with Gasteiger partial charge in [-0.3, -0.25) is 0 Å². The molecule has 0 saturated heterocycles. The summed E-state index contributed by atoms with van der Waals surface area (Å²) < 4.78 is 8.00. The van der Waals surface area contributed by atoms with Crippen molar-refractivity contribution >= 4 is 15.9 Å². The summed E-state index contributed by atoms with van der Waals surface area (Å²) in [5.74, 6) is 0.948. The van der Waals surface area contributed by atoms with E-state index in [2.05, 4.69) is 30.0 Å². The zero-order valence-corrected chi connectivity index (χ0v) is 14.1. The fourth-order valence-electron chi connectivity index (χ4n) is 2.74. The lowest BCUT2D eigenvalue weighted by Crippen LogP contribution is -3.00. The summed E-state index contributed by atoms with van der Waals surface area (Å²) in [4.78, 5) is 0. The topological polar surface area (TPSA) is 9.23 Å². The predicted molar refractivity (Wildman–Crippen MR) is 78.9 cm³/mol. The molecule has 1 aromatic rings. The molecule has 0 heterocycles. The smallest absolute Gasteiger partial charge is 0.137 e. The van der Waals surface area contributed by atoms with Gasteiger partial charge in [-0.05, 0) is 53.7 Å². The number of rotatable bonds is 5. The molecule has 0 bridgehead atoms. The molecule has 0 unspecified atom stereocenters. The van der Waals surface area contributed by atoms with Crippen LogP contribution in [-0.2, 0) is 0 Å². The monoisotopic (exact) mass is 347 g/mol. The number of halogens is 2. The lowest BCUT2D eigenvalue weighted by Gasteiger charge is -2.36. The van der Waals surface area contributed by atoms with Crippen LogP contribution in [0.2, 0.25) is 0 Å². The molecule has 1 saturated carbocycles. The SMILES string of the molecule is C[N+](C)(CCOc1ccccc1Br)C1CCCC1.[Cl-]. The summed E-state index contributed by atoms with van der Waals surface area (Å²) in [6.07, 6.45) is 5.55. The number of ether oxygens (including phenoxy) is 1. The first-order chi connectivity index (χ1) is 8.59. The predicted octanol–water partition coefficient (Wildman–Crippen LogP) is 0.851.